The molecule has 0 radical (unpaired) electrons. The van der Waals surface area contributed by atoms with Crippen LogP contribution in [0, 0.1) is 0 Å². The van der Waals surface area contributed by atoms with Gasteiger partial charge in [0.05, 0.1) is 5.56 Å². The maximum Gasteiger partial charge on any atom is 0.258 e. The van der Waals surface area contributed by atoms with Gasteiger partial charge in [0.2, 0.25) is 0 Å². The first-order chi connectivity index (χ1) is 14.2. The Balaban J connectivity index is 1.40. The van der Waals surface area contributed by atoms with Crippen molar-refractivity contribution in [1.82, 2.24) is 15.0 Å². The molecule has 0 atom stereocenters. The van der Waals surface area contributed by atoms with Gasteiger partial charge in [0, 0.05) is 40.8 Å². The topological polar surface area (TPSA) is 96.9 Å². The lowest BCUT2D eigenvalue weighted by atomic mass is 10.2. The average Bonchev–Trinajstić information content (AvgIpc) is 3.28. The number of hydrogen-bond donors (Lipinski definition) is 2. The second-order valence-corrected chi connectivity index (χ2v) is 6.88. The highest BCUT2D eigenvalue weighted by Crippen LogP contribution is 2.16. The van der Waals surface area contributed by atoms with Crippen LogP contribution >= 0.6 is 11.3 Å². The van der Waals surface area contributed by atoms with E-state index in [0.717, 1.165) is 5.56 Å². The number of benzene rings is 2. The molecular formula is C21H15N5O2S. The van der Waals surface area contributed by atoms with E-state index in [9.17, 15) is 9.59 Å². The minimum atomic E-state index is -0.329. The Morgan fingerprint density at radius 1 is 0.759 bits per heavy atom. The lowest BCUT2D eigenvalue weighted by Crippen LogP contribution is -2.14. The van der Waals surface area contributed by atoms with E-state index in [-0.39, 0.29) is 11.8 Å². The number of carbonyl (C=O) groups is 2. The summed E-state index contributed by atoms with van der Waals surface area (Å²) in [5.74, 6) is -0.0370. The molecule has 2 N–H and O–H groups in total. The van der Waals surface area contributed by atoms with Crippen molar-refractivity contribution in [2.24, 2.45) is 0 Å². The van der Waals surface area contributed by atoms with Crippen molar-refractivity contribution in [2.75, 3.05) is 10.6 Å². The fourth-order valence-corrected chi connectivity index (χ4v) is 3.07. The summed E-state index contributed by atoms with van der Waals surface area (Å²) in [4.78, 5) is 37.1. The standard InChI is InChI=1S/C21H15N5O2S/c27-19(26-21-22-10-11-29-21)15-6-8-17(9-7-15)25-20(28)16-12-23-18(24-13-16)14-4-2-1-3-5-14/h1-13H,(H,25,28)(H,22,26,27). The normalized spacial score (nSPS) is 10.3. The highest BCUT2D eigenvalue weighted by atomic mass is 32.1. The summed E-state index contributed by atoms with van der Waals surface area (Å²) >= 11 is 1.34. The van der Waals surface area contributed by atoms with Crippen molar-refractivity contribution in [1.29, 1.82) is 0 Å². The summed E-state index contributed by atoms with van der Waals surface area (Å²) in [7, 11) is 0. The number of carbonyl (C=O) groups excluding carboxylic acids is 2. The molecule has 0 bridgehead atoms. The Morgan fingerprint density at radius 3 is 2.10 bits per heavy atom. The highest BCUT2D eigenvalue weighted by molar-refractivity contribution is 7.13. The number of anilines is 2. The maximum atomic E-state index is 12.4. The smallest absolute Gasteiger partial charge is 0.258 e. The third kappa shape index (κ3) is 4.50. The van der Waals surface area contributed by atoms with Gasteiger partial charge in [-0.2, -0.15) is 0 Å². The Morgan fingerprint density at radius 2 is 1.45 bits per heavy atom. The van der Waals surface area contributed by atoms with Crippen LogP contribution in [0.4, 0.5) is 10.8 Å². The molecule has 0 fully saturated rings. The zero-order valence-electron chi connectivity index (χ0n) is 15.1. The number of hydrogen-bond acceptors (Lipinski definition) is 6. The van der Waals surface area contributed by atoms with Gasteiger partial charge < -0.3 is 5.32 Å². The molecule has 2 aromatic heterocycles. The lowest BCUT2D eigenvalue weighted by molar-refractivity contribution is 0.101. The van der Waals surface area contributed by atoms with Gasteiger partial charge >= 0.3 is 0 Å². The van der Waals surface area contributed by atoms with Crippen molar-refractivity contribution in [2.45, 2.75) is 0 Å². The molecule has 0 saturated carbocycles. The van der Waals surface area contributed by atoms with E-state index in [0.29, 0.717) is 27.8 Å². The molecule has 0 spiro atoms. The SMILES string of the molecule is O=C(Nc1ccc(C(=O)Nc2nccs2)cc1)c1cnc(-c2ccccc2)nc1. The first kappa shape index (κ1) is 18.5. The molecule has 2 heterocycles. The van der Waals surface area contributed by atoms with Crippen molar-refractivity contribution in [3.8, 4) is 11.4 Å². The number of rotatable bonds is 5. The molecule has 142 valence electrons. The fourth-order valence-electron chi connectivity index (χ4n) is 2.54. The third-order valence-corrected chi connectivity index (χ3v) is 4.69. The molecule has 0 saturated heterocycles. The second-order valence-electron chi connectivity index (χ2n) is 5.98. The quantitative estimate of drug-likeness (QED) is 0.525. The van der Waals surface area contributed by atoms with Crippen LogP contribution in [-0.4, -0.2) is 26.8 Å². The number of nitrogens with one attached hydrogen (secondary N) is 2. The van der Waals surface area contributed by atoms with Gasteiger partial charge in [0.15, 0.2) is 11.0 Å². The molecule has 7 nitrogen and oxygen atoms in total. The lowest BCUT2D eigenvalue weighted by Gasteiger charge is -2.07. The van der Waals surface area contributed by atoms with Gasteiger partial charge in [-0.05, 0) is 24.3 Å². The molecule has 8 heteroatoms. The Bertz CT molecular complexity index is 1110. The van der Waals surface area contributed by atoms with Gasteiger partial charge in [-0.15, -0.1) is 11.3 Å². The summed E-state index contributed by atoms with van der Waals surface area (Å²) in [5.41, 5.74) is 2.25. The predicted octanol–water partition coefficient (Wildman–Crippen LogP) is 4.10. The van der Waals surface area contributed by atoms with E-state index in [1.165, 1.54) is 23.7 Å². The first-order valence-electron chi connectivity index (χ1n) is 8.69. The van der Waals surface area contributed by atoms with Crippen LogP contribution in [-0.2, 0) is 0 Å². The first-order valence-corrected chi connectivity index (χ1v) is 9.57. The van der Waals surface area contributed by atoms with E-state index in [1.807, 2.05) is 30.3 Å². The summed E-state index contributed by atoms with van der Waals surface area (Å²) in [6.07, 6.45) is 4.59. The van der Waals surface area contributed by atoms with Gasteiger partial charge in [0.25, 0.3) is 11.8 Å². The summed E-state index contributed by atoms with van der Waals surface area (Å²) in [6, 6.07) is 16.1. The summed E-state index contributed by atoms with van der Waals surface area (Å²) < 4.78 is 0. The largest absolute Gasteiger partial charge is 0.322 e. The van der Waals surface area contributed by atoms with Crippen molar-refractivity contribution in [3.05, 3.63) is 89.7 Å². The molecular weight excluding hydrogens is 386 g/mol. The van der Waals surface area contributed by atoms with Crippen molar-refractivity contribution in [3.63, 3.8) is 0 Å². The molecule has 0 aliphatic carbocycles. The van der Waals surface area contributed by atoms with Crippen LogP contribution < -0.4 is 10.6 Å². The minimum absolute atomic E-state index is 0.261. The third-order valence-electron chi connectivity index (χ3n) is 4.00. The zero-order valence-corrected chi connectivity index (χ0v) is 15.9. The van der Waals surface area contributed by atoms with Gasteiger partial charge in [-0.3, -0.25) is 14.9 Å². The molecule has 2 aromatic carbocycles. The van der Waals surface area contributed by atoms with Crippen LogP contribution in [0.2, 0.25) is 0 Å². The van der Waals surface area contributed by atoms with Crippen molar-refractivity contribution < 1.29 is 9.59 Å². The molecule has 2 amide bonds. The van der Waals surface area contributed by atoms with Crippen LogP contribution in [0.15, 0.2) is 78.6 Å². The monoisotopic (exact) mass is 401 g/mol. The average molecular weight is 401 g/mol. The molecule has 0 aliphatic rings. The Kier molecular flexibility index (Phi) is 5.35. The van der Waals surface area contributed by atoms with Crippen LogP contribution in [0.25, 0.3) is 11.4 Å². The van der Waals surface area contributed by atoms with Crippen LogP contribution in [0.5, 0.6) is 0 Å². The summed E-state index contributed by atoms with van der Waals surface area (Å²) in [6.45, 7) is 0. The number of nitrogens with zero attached hydrogens (tertiary/aromatic N) is 3. The van der Waals surface area contributed by atoms with E-state index in [2.05, 4.69) is 25.6 Å². The van der Waals surface area contributed by atoms with Crippen LogP contribution in [0.1, 0.15) is 20.7 Å². The summed E-state index contributed by atoms with van der Waals surface area (Å²) in [5, 5.41) is 7.79. The van der Waals surface area contributed by atoms with Gasteiger partial charge in [-0.25, -0.2) is 15.0 Å². The Labute approximate surface area is 170 Å². The van der Waals surface area contributed by atoms with E-state index in [1.54, 1.807) is 35.8 Å². The highest BCUT2D eigenvalue weighted by Gasteiger charge is 2.11. The van der Waals surface area contributed by atoms with Gasteiger partial charge in [-0.1, -0.05) is 30.3 Å². The van der Waals surface area contributed by atoms with Crippen molar-refractivity contribution >= 4 is 34.0 Å². The predicted molar refractivity (Wildman–Crippen MR) is 112 cm³/mol. The second kappa shape index (κ2) is 8.41. The Hall–Kier alpha value is -3.91. The molecule has 0 aliphatic heterocycles. The maximum absolute atomic E-state index is 12.4. The molecule has 29 heavy (non-hydrogen) atoms. The fraction of sp³-hybridized carbons (Fsp3) is 0. The van der Waals surface area contributed by atoms with E-state index >= 15 is 0 Å². The van der Waals surface area contributed by atoms with Crippen LogP contribution in [0.3, 0.4) is 0 Å². The van der Waals surface area contributed by atoms with Gasteiger partial charge in [0.1, 0.15) is 0 Å². The number of amides is 2. The van der Waals surface area contributed by atoms with E-state index in [4.69, 9.17) is 0 Å². The number of aromatic nitrogens is 3. The molecule has 0 unspecified atom stereocenters. The molecule has 4 aromatic rings. The zero-order chi connectivity index (χ0) is 20.1. The number of thiazole rings is 1. The minimum Gasteiger partial charge on any atom is -0.322 e. The van der Waals surface area contributed by atoms with E-state index < -0.39 is 0 Å². The molecule has 4 rings (SSSR count).